The lowest BCUT2D eigenvalue weighted by Gasteiger charge is -2.28. The van der Waals surface area contributed by atoms with E-state index in [1.807, 2.05) is 170 Å². The Balaban J connectivity index is 1.68. The first kappa shape index (κ1) is 29.6. The maximum atomic E-state index is 16.1. The third kappa shape index (κ3) is 5.26. The van der Waals surface area contributed by atoms with E-state index in [9.17, 15) is 0 Å². The van der Waals surface area contributed by atoms with Crippen LogP contribution in [-0.4, -0.2) is 9.97 Å². The van der Waals surface area contributed by atoms with Gasteiger partial charge in [-0.15, -0.1) is 0 Å². The zero-order chi connectivity index (χ0) is 31.4. The molecule has 222 valence electrons. The highest BCUT2D eigenvalue weighted by Crippen LogP contribution is 2.50. The van der Waals surface area contributed by atoms with Crippen molar-refractivity contribution in [3.8, 4) is 22.5 Å². The van der Waals surface area contributed by atoms with Gasteiger partial charge < -0.3 is 9.13 Å². The van der Waals surface area contributed by atoms with E-state index in [0.29, 0.717) is 54.3 Å². The van der Waals surface area contributed by atoms with Gasteiger partial charge in [-0.3, -0.25) is 9.97 Å². The standard InChI is InChI=1S/C40H30N2O2P2/c43-45(31-17-5-1-6-18-31,32-19-7-2-8-20-32)39-30-40(46(44,33-21-9-3-10-22-33)34-23-11-4-12-24-34)36(38-26-14-16-28-42-38)29-35(39)37-25-13-15-27-41-37/h1-30H. The molecule has 5 aromatic carbocycles. The minimum Gasteiger partial charge on any atom is -0.309 e. The first-order valence-electron chi connectivity index (χ1n) is 15.0. The molecule has 0 radical (unpaired) electrons. The van der Waals surface area contributed by atoms with Crippen LogP contribution >= 0.6 is 14.3 Å². The average Bonchev–Trinajstić information content (AvgIpc) is 3.16. The molecule has 4 nitrogen and oxygen atoms in total. The minimum absolute atomic E-state index is 0.574. The molecule has 0 aliphatic carbocycles. The van der Waals surface area contributed by atoms with E-state index in [0.717, 1.165) is 0 Å². The average molecular weight is 633 g/mol. The van der Waals surface area contributed by atoms with Crippen molar-refractivity contribution in [1.82, 2.24) is 9.97 Å². The Bertz CT molecular complexity index is 1940. The van der Waals surface area contributed by atoms with E-state index >= 15 is 9.13 Å². The van der Waals surface area contributed by atoms with Crippen LogP contribution in [0, 0.1) is 0 Å². The molecule has 2 heterocycles. The Hall–Kier alpha value is -5.14. The monoisotopic (exact) mass is 632 g/mol. The molecule has 46 heavy (non-hydrogen) atoms. The van der Waals surface area contributed by atoms with E-state index in [1.54, 1.807) is 12.4 Å². The number of rotatable bonds is 8. The van der Waals surface area contributed by atoms with Crippen LogP contribution in [0.25, 0.3) is 22.5 Å². The fourth-order valence-electron chi connectivity index (χ4n) is 5.96. The van der Waals surface area contributed by atoms with Crippen molar-refractivity contribution >= 4 is 46.1 Å². The van der Waals surface area contributed by atoms with E-state index in [-0.39, 0.29) is 0 Å². The summed E-state index contributed by atoms with van der Waals surface area (Å²) in [4.78, 5) is 9.49. The Morgan fingerprint density at radius 3 is 0.935 bits per heavy atom. The maximum Gasteiger partial charge on any atom is 0.171 e. The predicted molar refractivity (Wildman–Crippen MR) is 192 cm³/mol. The molecule has 0 saturated heterocycles. The fourth-order valence-corrected chi connectivity index (χ4v) is 11.8. The number of nitrogens with zero attached hydrogens (tertiary/aromatic N) is 2. The molecule has 6 heteroatoms. The summed E-state index contributed by atoms with van der Waals surface area (Å²) in [6.45, 7) is 0. The third-order valence-electron chi connectivity index (χ3n) is 8.15. The van der Waals surface area contributed by atoms with Crippen LogP contribution in [-0.2, 0) is 9.13 Å². The Labute approximate surface area is 269 Å². The smallest absolute Gasteiger partial charge is 0.171 e. The second kappa shape index (κ2) is 12.7. The van der Waals surface area contributed by atoms with Crippen molar-refractivity contribution < 1.29 is 9.13 Å². The number of hydrogen-bond acceptors (Lipinski definition) is 4. The van der Waals surface area contributed by atoms with Crippen molar-refractivity contribution in [2.24, 2.45) is 0 Å². The van der Waals surface area contributed by atoms with Crippen LogP contribution in [0.2, 0.25) is 0 Å². The van der Waals surface area contributed by atoms with E-state index in [2.05, 4.69) is 0 Å². The van der Waals surface area contributed by atoms with Crippen LogP contribution in [0.5, 0.6) is 0 Å². The molecule has 0 fully saturated rings. The van der Waals surface area contributed by atoms with E-state index in [4.69, 9.17) is 9.97 Å². The summed E-state index contributed by atoms with van der Waals surface area (Å²) in [6, 6.07) is 53.6. The Morgan fingerprint density at radius 2 is 0.652 bits per heavy atom. The quantitative estimate of drug-likeness (QED) is 0.168. The van der Waals surface area contributed by atoms with Gasteiger partial charge in [0.25, 0.3) is 0 Å². The van der Waals surface area contributed by atoms with Crippen molar-refractivity contribution in [2.45, 2.75) is 0 Å². The van der Waals surface area contributed by atoms with Crippen LogP contribution in [0.15, 0.2) is 182 Å². The second-order valence-electron chi connectivity index (χ2n) is 10.9. The normalized spacial score (nSPS) is 11.7. The van der Waals surface area contributed by atoms with Gasteiger partial charge in [0, 0.05) is 55.3 Å². The van der Waals surface area contributed by atoms with Gasteiger partial charge in [-0.05, 0) is 36.4 Å². The molecule has 7 rings (SSSR count). The van der Waals surface area contributed by atoms with Gasteiger partial charge in [0.1, 0.15) is 0 Å². The molecule has 0 N–H and O–H groups in total. The molecule has 0 amide bonds. The van der Waals surface area contributed by atoms with Gasteiger partial charge >= 0.3 is 0 Å². The Kier molecular flexibility index (Phi) is 8.16. The molecular weight excluding hydrogens is 602 g/mol. The summed E-state index contributed by atoms with van der Waals surface area (Å²) < 4.78 is 32.2. The van der Waals surface area contributed by atoms with Gasteiger partial charge in [-0.25, -0.2) is 0 Å². The van der Waals surface area contributed by atoms with Crippen molar-refractivity contribution in [3.63, 3.8) is 0 Å². The largest absolute Gasteiger partial charge is 0.309 e. The zero-order valence-electron chi connectivity index (χ0n) is 24.9. The third-order valence-corrected chi connectivity index (χ3v) is 14.4. The zero-order valence-corrected chi connectivity index (χ0v) is 26.7. The highest BCUT2D eigenvalue weighted by molar-refractivity contribution is 7.87. The minimum atomic E-state index is -3.55. The van der Waals surface area contributed by atoms with Gasteiger partial charge in [0.05, 0.1) is 11.4 Å². The molecular formula is C40H30N2O2P2. The molecule has 0 aliphatic heterocycles. The molecule has 0 spiro atoms. The molecule has 0 atom stereocenters. The molecule has 0 unspecified atom stereocenters. The van der Waals surface area contributed by atoms with Gasteiger partial charge in [0.2, 0.25) is 0 Å². The summed E-state index contributed by atoms with van der Waals surface area (Å²) >= 11 is 0. The summed E-state index contributed by atoms with van der Waals surface area (Å²) in [7, 11) is -7.10. The SMILES string of the molecule is O=P(c1ccccc1)(c1ccccc1)c1cc(P(=O)(c2ccccc2)c2ccccc2)c(-c2ccccn2)cc1-c1ccccn1. The summed E-state index contributed by atoms with van der Waals surface area (Å²) in [6.07, 6.45) is 3.48. The summed E-state index contributed by atoms with van der Waals surface area (Å²) in [5.74, 6) is 0. The predicted octanol–water partition coefficient (Wildman–Crippen LogP) is 7.09. The van der Waals surface area contributed by atoms with E-state index < -0.39 is 14.3 Å². The van der Waals surface area contributed by atoms with Crippen LogP contribution < -0.4 is 31.8 Å². The first-order chi connectivity index (χ1) is 22.6. The molecule has 0 bridgehead atoms. The van der Waals surface area contributed by atoms with Crippen LogP contribution in [0.1, 0.15) is 0 Å². The van der Waals surface area contributed by atoms with Crippen LogP contribution in [0.3, 0.4) is 0 Å². The number of hydrogen-bond donors (Lipinski definition) is 0. The van der Waals surface area contributed by atoms with Gasteiger partial charge in [0.15, 0.2) is 14.3 Å². The summed E-state index contributed by atoms with van der Waals surface area (Å²) in [5, 5.41) is 3.89. The molecule has 0 saturated carbocycles. The summed E-state index contributed by atoms with van der Waals surface area (Å²) in [5.41, 5.74) is 2.74. The van der Waals surface area contributed by atoms with Crippen LogP contribution in [0.4, 0.5) is 0 Å². The second-order valence-corrected chi connectivity index (χ2v) is 16.3. The lowest BCUT2D eigenvalue weighted by Crippen LogP contribution is -2.32. The molecule has 2 aromatic heterocycles. The molecule has 7 aromatic rings. The van der Waals surface area contributed by atoms with Crippen molar-refractivity contribution in [2.75, 3.05) is 0 Å². The topological polar surface area (TPSA) is 59.9 Å². The van der Waals surface area contributed by atoms with Crippen molar-refractivity contribution in [1.29, 1.82) is 0 Å². The van der Waals surface area contributed by atoms with Crippen molar-refractivity contribution in [3.05, 3.63) is 182 Å². The molecule has 0 aliphatic rings. The highest BCUT2D eigenvalue weighted by Gasteiger charge is 2.38. The number of benzene rings is 5. The van der Waals surface area contributed by atoms with E-state index in [1.165, 1.54) is 0 Å². The first-order valence-corrected chi connectivity index (χ1v) is 18.5. The highest BCUT2D eigenvalue weighted by atomic mass is 31.2. The lowest BCUT2D eigenvalue weighted by molar-refractivity contribution is 0.592. The lowest BCUT2D eigenvalue weighted by atomic mass is 10.0. The number of aromatic nitrogens is 2. The number of pyridine rings is 2. The fraction of sp³-hybridized carbons (Fsp3) is 0. The van der Waals surface area contributed by atoms with Gasteiger partial charge in [-0.2, -0.15) is 0 Å². The Morgan fingerprint density at radius 1 is 0.348 bits per heavy atom. The maximum absolute atomic E-state index is 16.1. The van der Waals surface area contributed by atoms with Gasteiger partial charge in [-0.1, -0.05) is 133 Å².